The van der Waals surface area contributed by atoms with Crippen molar-refractivity contribution >= 4 is 22.6 Å². The third kappa shape index (κ3) is 1.84. The summed E-state index contributed by atoms with van der Waals surface area (Å²) in [5.74, 6) is 2.77. The summed E-state index contributed by atoms with van der Waals surface area (Å²) in [5.41, 5.74) is 3.22. The minimum atomic E-state index is 0.421. The molecule has 7 nitrogen and oxygen atoms in total. The highest BCUT2D eigenvalue weighted by Gasteiger charge is 2.32. The first-order chi connectivity index (χ1) is 11.7. The zero-order chi connectivity index (χ0) is 16.3. The standard InChI is InChI=1S/C17H17N7/c1-11-7-16(24-17(20-11)18-10-19-24)22-8-13(9-22)23-12(2)21-14-5-3-4-6-15(14)23/h3-7,10,13H,8-9H2,1-2H3. The quantitative estimate of drug-likeness (QED) is 0.566. The summed E-state index contributed by atoms with van der Waals surface area (Å²) in [6.07, 6.45) is 1.55. The summed E-state index contributed by atoms with van der Waals surface area (Å²) in [6.45, 7) is 5.93. The molecule has 0 amide bonds. The molecule has 0 bridgehead atoms. The smallest absolute Gasteiger partial charge is 0.254 e. The van der Waals surface area contributed by atoms with Gasteiger partial charge >= 0.3 is 0 Å². The van der Waals surface area contributed by atoms with E-state index in [1.165, 1.54) is 5.52 Å². The number of hydrogen-bond donors (Lipinski definition) is 0. The zero-order valence-corrected chi connectivity index (χ0v) is 13.6. The number of benzene rings is 1. The maximum absolute atomic E-state index is 4.68. The van der Waals surface area contributed by atoms with Crippen molar-refractivity contribution in [2.24, 2.45) is 0 Å². The summed E-state index contributed by atoms with van der Waals surface area (Å²) >= 11 is 0. The number of imidazole rings is 1. The number of rotatable bonds is 2. The van der Waals surface area contributed by atoms with Crippen LogP contribution in [0.3, 0.4) is 0 Å². The SMILES string of the molecule is Cc1cc(N2CC(n3c(C)nc4ccccc43)C2)n2ncnc2n1. The molecule has 3 aromatic heterocycles. The Labute approximate surface area is 138 Å². The lowest BCUT2D eigenvalue weighted by atomic mass is 10.1. The van der Waals surface area contributed by atoms with Gasteiger partial charge in [0.2, 0.25) is 0 Å². The fraction of sp³-hybridized carbons (Fsp3) is 0.294. The van der Waals surface area contributed by atoms with E-state index in [1.807, 2.05) is 17.5 Å². The first-order valence-corrected chi connectivity index (χ1v) is 8.06. The Kier molecular flexibility index (Phi) is 2.68. The Morgan fingerprint density at radius 1 is 1.08 bits per heavy atom. The van der Waals surface area contributed by atoms with Gasteiger partial charge in [-0.25, -0.2) is 9.97 Å². The minimum Gasteiger partial charge on any atom is -0.352 e. The van der Waals surface area contributed by atoms with Crippen molar-refractivity contribution in [2.75, 3.05) is 18.0 Å². The maximum Gasteiger partial charge on any atom is 0.254 e. The van der Waals surface area contributed by atoms with Crippen LogP contribution in [0.15, 0.2) is 36.7 Å². The van der Waals surface area contributed by atoms with E-state index < -0.39 is 0 Å². The predicted octanol–water partition coefficient (Wildman–Crippen LogP) is 2.15. The van der Waals surface area contributed by atoms with Crippen LogP contribution >= 0.6 is 0 Å². The number of fused-ring (bicyclic) bond motifs is 2. The molecule has 0 unspecified atom stereocenters. The fourth-order valence-electron chi connectivity index (χ4n) is 3.57. The molecule has 5 rings (SSSR count). The van der Waals surface area contributed by atoms with E-state index in [1.54, 1.807) is 6.33 Å². The molecular weight excluding hydrogens is 302 g/mol. The van der Waals surface area contributed by atoms with Crippen LogP contribution in [0.5, 0.6) is 0 Å². The van der Waals surface area contributed by atoms with Crippen LogP contribution < -0.4 is 4.90 Å². The topological polar surface area (TPSA) is 64.1 Å². The summed E-state index contributed by atoms with van der Waals surface area (Å²) < 4.78 is 4.15. The molecule has 0 atom stereocenters. The van der Waals surface area contributed by atoms with Gasteiger partial charge < -0.3 is 9.47 Å². The highest BCUT2D eigenvalue weighted by Crippen LogP contribution is 2.31. The monoisotopic (exact) mass is 319 g/mol. The van der Waals surface area contributed by atoms with Crippen LogP contribution in [-0.4, -0.2) is 42.2 Å². The summed E-state index contributed by atoms with van der Waals surface area (Å²) in [7, 11) is 0. The second-order valence-electron chi connectivity index (χ2n) is 6.30. The van der Waals surface area contributed by atoms with E-state index in [9.17, 15) is 0 Å². The Morgan fingerprint density at radius 2 is 1.92 bits per heavy atom. The van der Waals surface area contributed by atoms with Crippen LogP contribution in [0.2, 0.25) is 0 Å². The number of para-hydroxylation sites is 2. The van der Waals surface area contributed by atoms with Crippen molar-refractivity contribution < 1.29 is 0 Å². The van der Waals surface area contributed by atoms with Crippen molar-refractivity contribution in [3.05, 3.63) is 48.2 Å². The highest BCUT2D eigenvalue weighted by atomic mass is 15.4. The Hall–Kier alpha value is -2.96. The van der Waals surface area contributed by atoms with Crippen molar-refractivity contribution in [1.29, 1.82) is 0 Å². The van der Waals surface area contributed by atoms with Crippen LogP contribution in [0.1, 0.15) is 17.6 Å². The van der Waals surface area contributed by atoms with Gasteiger partial charge in [-0.05, 0) is 26.0 Å². The molecule has 0 N–H and O–H groups in total. The molecule has 0 radical (unpaired) electrons. The van der Waals surface area contributed by atoms with Crippen molar-refractivity contribution in [3.8, 4) is 0 Å². The molecule has 120 valence electrons. The Bertz CT molecular complexity index is 1060. The van der Waals surface area contributed by atoms with Gasteiger partial charge in [0.05, 0.1) is 17.1 Å². The van der Waals surface area contributed by atoms with Crippen LogP contribution in [-0.2, 0) is 0 Å². The molecule has 1 saturated heterocycles. The van der Waals surface area contributed by atoms with Gasteiger partial charge in [0, 0.05) is 24.8 Å². The van der Waals surface area contributed by atoms with Crippen molar-refractivity contribution in [2.45, 2.75) is 19.9 Å². The van der Waals surface area contributed by atoms with Crippen LogP contribution in [0.25, 0.3) is 16.8 Å². The van der Waals surface area contributed by atoms with E-state index in [4.69, 9.17) is 0 Å². The second kappa shape index (κ2) is 4.77. The molecule has 4 aromatic rings. The van der Waals surface area contributed by atoms with Gasteiger partial charge in [0.25, 0.3) is 5.78 Å². The Morgan fingerprint density at radius 3 is 2.79 bits per heavy atom. The first kappa shape index (κ1) is 13.5. The molecule has 7 heteroatoms. The number of aromatic nitrogens is 6. The normalized spacial score (nSPS) is 15.3. The van der Waals surface area contributed by atoms with Gasteiger partial charge in [-0.15, -0.1) is 0 Å². The maximum atomic E-state index is 4.68. The average molecular weight is 319 g/mol. The Balaban J connectivity index is 1.49. The molecule has 1 fully saturated rings. The summed E-state index contributed by atoms with van der Waals surface area (Å²) in [6, 6.07) is 10.8. The molecule has 0 aliphatic carbocycles. The lowest BCUT2D eigenvalue weighted by Crippen LogP contribution is -2.49. The molecule has 0 spiro atoms. The molecule has 1 aliphatic rings. The second-order valence-corrected chi connectivity index (χ2v) is 6.30. The van der Waals surface area contributed by atoms with E-state index in [-0.39, 0.29) is 0 Å². The largest absolute Gasteiger partial charge is 0.352 e. The predicted molar refractivity (Wildman–Crippen MR) is 91.2 cm³/mol. The molecule has 4 heterocycles. The van der Waals surface area contributed by atoms with E-state index in [0.29, 0.717) is 11.8 Å². The molecular formula is C17H17N7. The molecule has 24 heavy (non-hydrogen) atoms. The summed E-state index contributed by atoms with van der Waals surface area (Å²) in [5, 5.41) is 4.30. The van der Waals surface area contributed by atoms with Gasteiger partial charge in [-0.3, -0.25) is 0 Å². The highest BCUT2D eigenvalue weighted by molar-refractivity contribution is 5.76. The average Bonchev–Trinajstić information content (AvgIpc) is 3.10. The van der Waals surface area contributed by atoms with Crippen molar-refractivity contribution in [1.82, 2.24) is 29.1 Å². The van der Waals surface area contributed by atoms with Gasteiger partial charge in [0.15, 0.2) is 0 Å². The van der Waals surface area contributed by atoms with Crippen molar-refractivity contribution in [3.63, 3.8) is 0 Å². The minimum absolute atomic E-state index is 0.421. The number of hydrogen-bond acceptors (Lipinski definition) is 5. The van der Waals surface area contributed by atoms with E-state index in [0.717, 1.165) is 35.9 Å². The molecule has 1 aliphatic heterocycles. The number of aryl methyl sites for hydroxylation is 2. The number of anilines is 1. The fourth-order valence-corrected chi connectivity index (χ4v) is 3.57. The lowest BCUT2D eigenvalue weighted by Gasteiger charge is -2.42. The lowest BCUT2D eigenvalue weighted by molar-refractivity contribution is 0.396. The third-order valence-corrected chi connectivity index (χ3v) is 4.68. The zero-order valence-electron chi connectivity index (χ0n) is 13.6. The van der Waals surface area contributed by atoms with Gasteiger partial charge in [-0.2, -0.15) is 14.6 Å². The van der Waals surface area contributed by atoms with Gasteiger partial charge in [0.1, 0.15) is 18.0 Å². The van der Waals surface area contributed by atoms with E-state index in [2.05, 4.69) is 60.7 Å². The molecule has 0 saturated carbocycles. The van der Waals surface area contributed by atoms with Crippen LogP contribution in [0.4, 0.5) is 5.82 Å². The number of nitrogens with zero attached hydrogens (tertiary/aromatic N) is 7. The summed E-state index contributed by atoms with van der Waals surface area (Å²) in [4.78, 5) is 15.6. The van der Waals surface area contributed by atoms with Gasteiger partial charge in [-0.1, -0.05) is 12.1 Å². The van der Waals surface area contributed by atoms with Crippen LogP contribution in [0, 0.1) is 13.8 Å². The first-order valence-electron chi connectivity index (χ1n) is 8.06. The van der Waals surface area contributed by atoms with E-state index >= 15 is 0 Å². The molecule has 1 aromatic carbocycles. The third-order valence-electron chi connectivity index (χ3n) is 4.68.